The molecule has 13 nitrogen and oxygen atoms in total. The average Bonchev–Trinajstić information content (AvgIpc) is 3.42. The maximum atomic E-state index is 12.3. The Labute approximate surface area is 254 Å². The summed E-state index contributed by atoms with van der Waals surface area (Å²) in [5.74, 6) is 0.482. The van der Waals surface area contributed by atoms with E-state index in [4.69, 9.17) is 25.7 Å². The largest absolute Gasteiger partial charge is 0.497 e. The van der Waals surface area contributed by atoms with Gasteiger partial charge in [-0.1, -0.05) is 25.8 Å². The first-order chi connectivity index (χ1) is 21.2. The zero-order valence-corrected chi connectivity index (χ0v) is 24.5. The highest BCUT2D eigenvalue weighted by Crippen LogP contribution is 2.43. The van der Waals surface area contributed by atoms with Crippen LogP contribution in [-0.4, -0.2) is 54.5 Å². The number of benzene rings is 2. The SMILES string of the molecule is C=CC(=O)Nc1cc(OC)ccc1Oc1nc(Nc2ccc(N3CC(C4CCC4)C[C@H]3C(N)=O)cc2OC)ncc1C(N)=O. The van der Waals surface area contributed by atoms with Gasteiger partial charge in [0.1, 0.15) is 23.1 Å². The van der Waals surface area contributed by atoms with Crippen molar-refractivity contribution in [3.05, 3.63) is 60.8 Å². The summed E-state index contributed by atoms with van der Waals surface area (Å²) in [7, 11) is 3.02. The van der Waals surface area contributed by atoms with Crippen molar-refractivity contribution >= 4 is 40.7 Å². The molecule has 1 aromatic heterocycles. The average molecular weight is 602 g/mol. The number of anilines is 4. The first-order valence-electron chi connectivity index (χ1n) is 14.2. The fourth-order valence-electron chi connectivity index (χ4n) is 5.54. The van der Waals surface area contributed by atoms with Crippen LogP contribution in [-0.2, 0) is 9.59 Å². The molecule has 2 aliphatic rings. The van der Waals surface area contributed by atoms with Gasteiger partial charge in [0.2, 0.25) is 23.6 Å². The molecule has 0 spiro atoms. The number of methoxy groups -OCH3 is 2. The number of amides is 3. The number of carbonyl (C=O) groups is 3. The Bertz CT molecular complexity index is 1590. The minimum atomic E-state index is -0.812. The molecule has 44 heavy (non-hydrogen) atoms. The van der Waals surface area contributed by atoms with Gasteiger partial charge in [-0.3, -0.25) is 14.4 Å². The number of primary amides is 2. The van der Waals surface area contributed by atoms with E-state index < -0.39 is 11.8 Å². The van der Waals surface area contributed by atoms with Gasteiger partial charge in [0.15, 0.2) is 5.75 Å². The highest BCUT2D eigenvalue weighted by atomic mass is 16.5. The van der Waals surface area contributed by atoms with Gasteiger partial charge in [-0.2, -0.15) is 4.98 Å². The summed E-state index contributed by atoms with van der Waals surface area (Å²) in [6.07, 6.45) is 6.71. The van der Waals surface area contributed by atoms with Crippen LogP contribution in [0.1, 0.15) is 36.0 Å². The number of nitrogens with zero attached hydrogens (tertiary/aromatic N) is 3. The van der Waals surface area contributed by atoms with E-state index in [0.717, 1.165) is 24.7 Å². The molecule has 230 valence electrons. The third kappa shape index (κ3) is 6.36. The van der Waals surface area contributed by atoms with Crippen LogP contribution in [0.15, 0.2) is 55.3 Å². The van der Waals surface area contributed by atoms with Gasteiger partial charge < -0.3 is 41.2 Å². The van der Waals surface area contributed by atoms with Crippen molar-refractivity contribution in [2.24, 2.45) is 23.3 Å². The summed E-state index contributed by atoms with van der Waals surface area (Å²) in [5.41, 5.74) is 12.9. The van der Waals surface area contributed by atoms with Crippen LogP contribution < -0.4 is 41.2 Å². The van der Waals surface area contributed by atoms with Crippen LogP contribution in [0, 0.1) is 11.8 Å². The van der Waals surface area contributed by atoms with Gasteiger partial charge in [0, 0.05) is 30.6 Å². The monoisotopic (exact) mass is 601 g/mol. The lowest BCUT2D eigenvalue weighted by Crippen LogP contribution is -2.40. The van der Waals surface area contributed by atoms with E-state index in [1.807, 2.05) is 12.1 Å². The van der Waals surface area contributed by atoms with E-state index in [1.165, 1.54) is 39.7 Å². The summed E-state index contributed by atoms with van der Waals surface area (Å²) in [4.78, 5) is 47.2. The van der Waals surface area contributed by atoms with Crippen molar-refractivity contribution in [1.82, 2.24) is 9.97 Å². The first kappa shape index (κ1) is 30.1. The van der Waals surface area contributed by atoms with Crippen molar-refractivity contribution in [2.75, 3.05) is 36.3 Å². The normalized spacial score (nSPS) is 17.7. The van der Waals surface area contributed by atoms with Crippen molar-refractivity contribution in [3.8, 4) is 23.1 Å². The lowest BCUT2D eigenvalue weighted by Gasteiger charge is -2.31. The zero-order valence-electron chi connectivity index (χ0n) is 24.5. The minimum absolute atomic E-state index is 0.0813. The number of nitrogens with two attached hydrogens (primary N) is 2. The molecule has 2 atom stereocenters. The third-order valence-corrected chi connectivity index (χ3v) is 8.10. The lowest BCUT2D eigenvalue weighted by atomic mass is 9.75. The van der Waals surface area contributed by atoms with Crippen LogP contribution in [0.25, 0.3) is 0 Å². The predicted molar refractivity (Wildman–Crippen MR) is 164 cm³/mol. The molecule has 3 amide bonds. The number of ether oxygens (including phenoxy) is 3. The van der Waals surface area contributed by atoms with E-state index in [9.17, 15) is 14.4 Å². The minimum Gasteiger partial charge on any atom is -0.497 e. The van der Waals surface area contributed by atoms with E-state index in [0.29, 0.717) is 29.0 Å². The first-order valence-corrected chi connectivity index (χ1v) is 14.2. The third-order valence-electron chi connectivity index (χ3n) is 8.10. The summed E-state index contributed by atoms with van der Waals surface area (Å²) in [6.45, 7) is 4.22. The molecule has 3 aromatic rings. The molecule has 1 aliphatic carbocycles. The maximum absolute atomic E-state index is 12.3. The number of nitrogens with one attached hydrogen (secondary N) is 2. The Morgan fingerprint density at radius 3 is 2.45 bits per heavy atom. The number of hydrogen-bond acceptors (Lipinski definition) is 10. The van der Waals surface area contributed by atoms with E-state index in [-0.39, 0.29) is 40.8 Å². The number of carbonyl (C=O) groups excluding carboxylic acids is 3. The smallest absolute Gasteiger partial charge is 0.255 e. The number of hydrogen-bond donors (Lipinski definition) is 4. The van der Waals surface area contributed by atoms with Gasteiger partial charge >= 0.3 is 0 Å². The van der Waals surface area contributed by atoms with E-state index >= 15 is 0 Å². The summed E-state index contributed by atoms with van der Waals surface area (Å²) in [6, 6.07) is 9.84. The molecule has 5 rings (SSSR count). The van der Waals surface area contributed by atoms with E-state index in [1.54, 1.807) is 24.3 Å². The number of aromatic nitrogens is 2. The molecule has 2 aromatic carbocycles. The second-order valence-corrected chi connectivity index (χ2v) is 10.7. The van der Waals surface area contributed by atoms with Gasteiger partial charge in [-0.05, 0) is 48.6 Å². The van der Waals surface area contributed by atoms with Crippen molar-refractivity contribution in [3.63, 3.8) is 0 Å². The topological polar surface area (TPSA) is 184 Å². The molecule has 1 saturated heterocycles. The summed E-state index contributed by atoms with van der Waals surface area (Å²) < 4.78 is 16.9. The van der Waals surface area contributed by atoms with Crippen molar-refractivity contribution in [1.29, 1.82) is 0 Å². The molecule has 1 aliphatic heterocycles. The second kappa shape index (κ2) is 12.9. The molecule has 6 N–H and O–H groups in total. The zero-order chi connectivity index (χ0) is 31.4. The number of rotatable bonds is 12. The molecule has 13 heteroatoms. The summed E-state index contributed by atoms with van der Waals surface area (Å²) >= 11 is 0. The van der Waals surface area contributed by atoms with Crippen LogP contribution in [0.3, 0.4) is 0 Å². The Balaban J connectivity index is 1.41. The van der Waals surface area contributed by atoms with E-state index in [2.05, 4.69) is 32.1 Å². The molecule has 1 unspecified atom stereocenters. The van der Waals surface area contributed by atoms with Crippen molar-refractivity contribution < 1.29 is 28.6 Å². The highest BCUT2D eigenvalue weighted by molar-refractivity contribution is 6.00. The second-order valence-electron chi connectivity index (χ2n) is 10.7. The van der Waals surface area contributed by atoms with Gasteiger partial charge in [-0.25, -0.2) is 4.98 Å². The van der Waals surface area contributed by atoms with Crippen LogP contribution in [0.2, 0.25) is 0 Å². The highest BCUT2D eigenvalue weighted by Gasteiger charge is 2.41. The Hall–Kier alpha value is -5.33. The molecule has 1 saturated carbocycles. The quantitative estimate of drug-likeness (QED) is 0.223. The molecular weight excluding hydrogens is 566 g/mol. The van der Waals surface area contributed by atoms with Crippen LogP contribution in [0.4, 0.5) is 23.0 Å². The molecular formula is C31H35N7O6. The standard InChI is InChI=1S/C31H35N7O6/c1-4-27(39)35-23-14-20(42-2)9-11-25(23)44-30-21(28(32)40)15-34-31(37-30)36-22-10-8-19(13-26(22)43-3)38-16-18(17-6-5-7-17)12-24(38)29(33)41/h4,8-11,13-15,17-18,24H,1,5-7,12,16H2,2-3H3,(H2,32,40)(H2,33,41)(H,35,39)(H,34,36,37)/t18?,24-/m0/s1. The summed E-state index contributed by atoms with van der Waals surface area (Å²) in [5, 5.41) is 5.73. The predicted octanol–water partition coefficient (Wildman–Crippen LogP) is 3.73. The molecule has 2 heterocycles. The van der Waals surface area contributed by atoms with Gasteiger partial charge in [0.05, 0.1) is 25.6 Å². The Kier molecular flexibility index (Phi) is 8.83. The van der Waals surface area contributed by atoms with Crippen LogP contribution in [0.5, 0.6) is 23.1 Å². The molecule has 0 radical (unpaired) electrons. The Morgan fingerprint density at radius 2 is 1.82 bits per heavy atom. The van der Waals surface area contributed by atoms with Gasteiger partial charge in [0.25, 0.3) is 5.91 Å². The molecule has 0 bridgehead atoms. The fraction of sp³-hybridized carbons (Fsp3) is 0.323. The van der Waals surface area contributed by atoms with Gasteiger partial charge in [-0.15, -0.1) is 0 Å². The molecule has 2 fully saturated rings. The van der Waals surface area contributed by atoms with Crippen molar-refractivity contribution in [2.45, 2.75) is 31.7 Å². The Morgan fingerprint density at radius 1 is 1.02 bits per heavy atom. The van der Waals surface area contributed by atoms with Crippen LogP contribution >= 0.6 is 0 Å². The lowest BCUT2D eigenvalue weighted by molar-refractivity contribution is -0.119. The fourth-order valence-corrected chi connectivity index (χ4v) is 5.54. The maximum Gasteiger partial charge on any atom is 0.255 e.